The Morgan fingerprint density at radius 2 is 1.50 bits per heavy atom. The maximum Gasteiger partial charge on any atom is 0.503 e. The lowest BCUT2D eigenvalue weighted by molar-refractivity contribution is -0.156. The Kier molecular flexibility index (Phi) is 5.94. The molecular formula is C6H12O6. The second kappa shape index (κ2) is 5.36. The van der Waals surface area contributed by atoms with Crippen molar-refractivity contribution >= 4 is 12.1 Å². The van der Waals surface area contributed by atoms with Crippen LogP contribution in [0.1, 0.15) is 20.3 Å². The summed E-state index contributed by atoms with van der Waals surface area (Å²) in [5.74, 6) is -1.17. The molecule has 1 atom stereocenters. The molecule has 0 radical (unpaired) electrons. The smallest absolute Gasteiger partial charge is 0.479 e. The highest BCUT2D eigenvalue weighted by atomic mass is 16.6. The molecule has 0 heterocycles. The van der Waals surface area contributed by atoms with Gasteiger partial charge >= 0.3 is 12.1 Å². The zero-order valence-corrected chi connectivity index (χ0v) is 6.81. The van der Waals surface area contributed by atoms with Crippen molar-refractivity contribution in [1.82, 2.24) is 0 Å². The van der Waals surface area contributed by atoms with E-state index in [1.54, 1.807) is 6.92 Å². The highest BCUT2D eigenvalue weighted by molar-refractivity contribution is 5.76. The number of aliphatic hydroxyl groups is 1. The lowest BCUT2D eigenvalue weighted by Crippen LogP contribution is -2.33. The van der Waals surface area contributed by atoms with Gasteiger partial charge in [0.05, 0.1) is 0 Å². The third-order valence-electron chi connectivity index (χ3n) is 1.15. The molecule has 0 aliphatic rings. The third-order valence-corrected chi connectivity index (χ3v) is 1.15. The standard InChI is InChI=1S/C5H10O3.CH2O3/c1-3-5(2,8)4(6)7;2-1(3)4/h8H,3H2,1-2H3,(H,6,7);(H2,2,3,4). The number of hydrogen-bond acceptors (Lipinski definition) is 3. The fourth-order valence-corrected chi connectivity index (χ4v) is 0.151. The number of carbonyl (C=O) groups is 2. The zero-order valence-electron chi connectivity index (χ0n) is 6.81. The van der Waals surface area contributed by atoms with E-state index in [9.17, 15) is 4.79 Å². The second-order valence-electron chi connectivity index (χ2n) is 2.22. The monoisotopic (exact) mass is 180 g/mol. The van der Waals surface area contributed by atoms with Crippen LogP contribution in [0.3, 0.4) is 0 Å². The lowest BCUT2D eigenvalue weighted by atomic mass is 10.1. The first-order chi connectivity index (χ1) is 5.24. The Bertz CT molecular complexity index is 157. The summed E-state index contributed by atoms with van der Waals surface area (Å²) in [6.07, 6.45) is -1.59. The van der Waals surface area contributed by atoms with Gasteiger partial charge in [0, 0.05) is 0 Å². The van der Waals surface area contributed by atoms with Crippen molar-refractivity contribution in [2.24, 2.45) is 0 Å². The van der Waals surface area contributed by atoms with Gasteiger partial charge in [-0.25, -0.2) is 9.59 Å². The van der Waals surface area contributed by atoms with E-state index in [2.05, 4.69) is 0 Å². The summed E-state index contributed by atoms with van der Waals surface area (Å²) in [5.41, 5.74) is -1.54. The normalized spacial score (nSPS) is 13.6. The Balaban J connectivity index is 0. The van der Waals surface area contributed by atoms with E-state index in [1.165, 1.54) is 6.92 Å². The van der Waals surface area contributed by atoms with Crippen LogP contribution in [-0.4, -0.2) is 38.2 Å². The first-order valence-electron chi connectivity index (χ1n) is 3.11. The minimum atomic E-state index is -1.83. The van der Waals surface area contributed by atoms with Gasteiger partial charge in [-0.15, -0.1) is 0 Å². The molecular weight excluding hydrogens is 168 g/mol. The van der Waals surface area contributed by atoms with Crippen LogP contribution < -0.4 is 0 Å². The Morgan fingerprint density at radius 1 is 1.25 bits per heavy atom. The molecule has 0 saturated carbocycles. The molecule has 0 spiro atoms. The lowest BCUT2D eigenvalue weighted by Gasteiger charge is -2.13. The Hall–Kier alpha value is -1.30. The molecule has 0 aliphatic carbocycles. The maximum atomic E-state index is 10.0. The van der Waals surface area contributed by atoms with E-state index < -0.39 is 17.7 Å². The number of carboxylic acids is 1. The van der Waals surface area contributed by atoms with Gasteiger partial charge in [-0.2, -0.15) is 0 Å². The van der Waals surface area contributed by atoms with Gasteiger partial charge in [0.25, 0.3) is 0 Å². The predicted octanol–water partition coefficient (Wildman–Crippen LogP) is 0.454. The summed E-state index contributed by atoms with van der Waals surface area (Å²) in [7, 11) is 0. The SMILES string of the molecule is CCC(C)(O)C(=O)O.O=C(O)O. The van der Waals surface area contributed by atoms with Crippen molar-refractivity contribution in [3.63, 3.8) is 0 Å². The van der Waals surface area contributed by atoms with E-state index in [-0.39, 0.29) is 6.42 Å². The average molecular weight is 180 g/mol. The molecule has 12 heavy (non-hydrogen) atoms. The van der Waals surface area contributed by atoms with Gasteiger partial charge in [-0.05, 0) is 13.3 Å². The van der Waals surface area contributed by atoms with Crippen molar-refractivity contribution in [2.75, 3.05) is 0 Å². The molecule has 0 aromatic carbocycles. The molecule has 1 unspecified atom stereocenters. The fraction of sp³-hybridized carbons (Fsp3) is 0.667. The first kappa shape index (κ1) is 13.3. The summed E-state index contributed by atoms with van der Waals surface area (Å²) >= 11 is 0. The molecule has 4 N–H and O–H groups in total. The van der Waals surface area contributed by atoms with Gasteiger partial charge in [0.1, 0.15) is 0 Å². The molecule has 0 rings (SSSR count). The highest BCUT2D eigenvalue weighted by Crippen LogP contribution is 2.06. The average Bonchev–Trinajstić information content (AvgIpc) is 1.86. The van der Waals surface area contributed by atoms with E-state index in [0.717, 1.165) is 0 Å². The van der Waals surface area contributed by atoms with E-state index in [1.807, 2.05) is 0 Å². The van der Waals surface area contributed by atoms with Crippen LogP contribution in [0, 0.1) is 0 Å². The fourth-order valence-electron chi connectivity index (χ4n) is 0.151. The molecule has 0 amide bonds. The van der Waals surface area contributed by atoms with Gasteiger partial charge in [-0.1, -0.05) is 6.92 Å². The number of aliphatic carboxylic acids is 1. The van der Waals surface area contributed by atoms with Crippen molar-refractivity contribution in [2.45, 2.75) is 25.9 Å². The molecule has 0 bridgehead atoms. The largest absolute Gasteiger partial charge is 0.503 e. The van der Waals surface area contributed by atoms with E-state index in [4.69, 9.17) is 25.2 Å². The van der Waals surface area contributed by atoms with Crippen LogP contribution >= 0.6 is 0 Å². The Morgan fingerprint density at radius 3 is 1.50 bits per heavy atom. The quantitative estimate of drug-likeness (QED) is 0.490. The zero-order chi connectivity index (χ0) is 10.4. The summed E-state index contributed by atoms with van der Waals surface area (Å²) in [6.45, 7) is 2.89. The van der Waals surface area contributed by atoms with Gasteiger partial charge in [0.15, 0.2) is 5.60 Å². The number of hydrogen-bond donors (Lipinski definition) is 4. The summed E-state index contributed by atoms with van der Waals surface area (Å²) < 4.78 is 0. The molecule has 72 valence electrons. The van der Waals surface area contributed by atoms with Crippen molar-refractivity contribution in [1.29, 1.82) is 0 Å². The van der Waals surface area contributed by atoms with Gasteiger partial charge in [-0.3, -0.25) is 0 Å². The maximum absolute atomic E-state index is 10.0. The molecule has 6 heteroatoms. The first-order valence-corrected chi connectivity index (χ1v) is 3.11. The van der Waals surface area contributed by atoms with Gasteiger partial charge < -0.3 is 20.4 Å². The summed E-state index contributed by atoms with van der Waals surface area (Å²) in [5, 5.41) is 30.9. The second-order valence-corrected chi connectivity index (χ2v) is 2.22. The number of rotatable bonds is 2. The third kappa shape index (κ3) is 8.70. The molecule has 0 aromatic heterocycles. The van der Waals surface area contributed by atoms with E-state index in [0.29, 0.717) is 0 Å². The van der Waals surface area contributed by atoms with Gasteiger partial charge in [0.2, 0.25) is 0 Å². The highest BCUT2D eigenvalue weighted by Gasteiger charge is 2.26. The van der Waals surface area contributed by atoms with E-state index >= 15 is 0 Å². The topological polar surface area (TPSA) is 115 Å². The van der Waals surface area contributed by atoms with Crippen molar-refractivity contribution < 1.29 is 30.0 Å². The molecule has 0 aromatic rings. The summed E-state index contributed by atoms with van der Waals surface area (Å²) in [4.78, 5) is 18.6. The molecule has 0 aliphatic heterocycles. The number of carboxylic acid groups (broad SMARTS) is 3. The van der Waals surface area contributed by atoms with Crippen LogP contribution in [0.25, 0.3) is 0 Å². The van der Waals surface area contributed by atoms with Crippen molar-refractivity contribution in [3.05, 3.63) is 0 Å². The van der Waals surface area contributed by atoms with Crippen LogP contribution in [0.5, 0.6) is 0 Å². The summed E-state index contributed by atoms with van der Waals surface area (Å²) in [6, 6.07) is 0. The molecule has 0 fully saturated rings. The molecule has 6 nitrogen and oxygen atoms in total. The molecule has 0 saturated heterocycles. The minimum absolute atomic E-state index is 0.238. The van der Waals surface area contributed by atoms with Crippen LogP contribution in [0.15, 0.2) is 0 Å². The van der Waals surface area contributed by atoms with Crippen LogP contribution in [0.4, 0.5) is 4.79 Å². The van der Waals surface area contributed by atoms with Crippen LogP contribution in [0.2, 0.25) is 0 Å². The minimum Gasteiger partial charge on any atom is -0.479 e. The van der Waals surface area contributed by atoms with Crippen molar-refractivity contribution in [3.8, 4) is 0 Å². The predicted molar refractivity (Wildman–Crippen MR) is 39.2 cm³/mol. The van der Waals surface area contributed by atoms with Crippen LogP contribution in [-0.2, 0) is 4.79 Å². The Labute approximate surface area is 69.1 Å².